The molecule has 0 aliphatic carbocycles. The molecule has 8 nitrogen and oxygen atoms in total. The van der Waals surface area contributed by atoms with E-state index < -0.39 is 23.8 Å². The van der Waals surface area contributed by atoms with Gasteiger partial charge in [-0.3, -0.25) is 19.2 Å². The van der Waals surface area contributed by atoms with E-state index in [0.29, 0.717) is 6.42 Å². The third-order valence-electron chi connectivity index (χ3n) is 4.93. The van der Waals surface area contributed by atoms with Crippen LogP contribution in [0, 0.1) is 0 Å². The van der Waals surface area contributed by atoms with Gasteiger partial charge in [0.25, 0.3) is 0 Å². The Morgan fingerprint density at radius 1 is 0.800 bits per heavy atom. The van der Waals surface area contributed by atoms with Crippen LogP contribution in [0.2, 0.25) is 0 Å². The lowest BCUT2D eigenvalue weighted by Crippen LogP contribution is -2.48. The number of carbonyl (C=O) groups excluding carboxylic acids is 3. The molecule has 0 spiro atoms. The van der Waals surface area contributed by atoms with Crippen molar-refractivity contribution in [3.8, 4) is 0 Å². The molecule has 30 heavy (non-hydrogen) atoms. The number of hydrogen-bond donors (Lipinski definition) is 4. The van der Waals surface area contributed by atoms with Crippen LogP contribution in [-0.2, 0) is 19.2 Å². The monoisotopic (exact) mass is 427 g/mol. The standard InChI is InChI=1S/C22H41N3O5/c1-2-3-4-5-6-7-8-9-10-11-12-14-20(27)25-18(17-19(23)26)22(30)24-16-13-15-21(28)29/h18H,2-17H2,1H3,(H2,23,26)(H,24,30)(H,25,27)(H,28,29)/t18-/m1/s1. The summed E-state index contributed by atoms with van der Waals surface area (Å²) in [6.07, 6.45) is 13.3. The Bertz CT molecular complexity index is 511. The van der Waals surface area contributed by atoms with Crippen molar-refractivity contribution in [1.29, 1.82) is 0 Å². The number of carboxylic acids is 1. The topological polar surface area (TPSA) is 139 Å². The molecule has 0 aromatic rings. The minimum absolute atomic E-state index is 0.0635. The highest BCUT2D eigenvalue weighted by molar-refractivity contribution is 5.91. The molecule has 0 aromatic heterocycles. The Balaban J connectivity index is 3.93. The molecule has 0 unspecified atom stereocenters. The zero-order valence-electron chi connectivity index (χ0n) is 18.5. The van der Waals surface area contributed by atoms with Gasteiger partial charge in [-0.1, -0.05) is 71.1 Å². The summed E-state index contributed by atoms with van der Waals surface area (Å²) in [7, 11) is 0. The Morgan fingerprint density at radius 3 is 1.83 bits per heavy atom. The van der Waals surface area contributed by atoms with Gasteiger partial charge in [0.15, 0.2) is 0 Å². The molecular formula is C22H41N3O5. The van der Waals surface area contributed by atoms with E-state index in [4.69, 9.17) is 10.8 Å². The lowest BCUT2D eigenvalue weighted by molar-refractivity contribution is -0.137. The van der Waals surface area contributed by atoms with Crippen LogP contribution in [0.4, 0.5) is 0 Å². The molecule has 0 aliphatic heterocycles. The summed E-state index contributed by atoms with van der Waals surface area (Å²) in [6, 6.07) is -1.02. The van der Waals surface area contributed by atoms with Gasteiger partial charge in [-0.15, -0.1) is 0 Å². The minimum Gasteiger partial charge on any atom is -0.481 e. The summed E-state index contributed by atoms with van der Waals surface area (Å²) in [5.41, 5.74) is 5.17. The van der Waals surface area contributed by atoms with Gasteiger partial charge in [-0.05, 0) is 12.8 Å². The fourth-order valence-electron chi connectivity index (χ4n) is 3.20. The predicted octanol–water partition coefficient (Wildman–Crippen LogP) is 3.03. The van der Waals surface area contributed by atoms with E-state index in [0.717, 1.165) is 19.3 Å². The number of rotatable bonds is 20. The Morgan fingerprint density at radius 2 is 1.33 bits per heavy atom. The molecule has 0 heterocycles. The van der Waals surface area contributed by atoms with Gasteiger partial charge in [0, 0.05) is 19.4 Å². The highest BCUT2D eigenvalue weighted by Crippen LogP contribution is 2.12. The second-order valence-corrected chi connectivity index (χ2v) is 7.86. The number of nitrogens with one attached hydrogen (secondary N) is 2. The van der Waals surface area contributed by atoms with E-state index in [1.54, 1.807) is 0 Å². The van der Waals surface area contributed by atoms with Crippen molar-refractivity contribution in [3.05, 3.63) is 0 Å². The number of unbranched alkanes of at least 4 members (excludes halogenated alkanes) is 10. The van der Waals surface area contributed by atoms with Gasteiger partial charge in [0.05, 0.1) is 6.42 Å². The van der Waals surface area contributed by atoms with Crippen molar-refractivity contribution >= 4 is 23.7 Å². The Hall–Kier alpha value is -2.12. The van der Waals surface area contributed by atoms with E-state index in [1.807, 2.05) is 0 Å². The van der Waals surface area contributed by atoms with Crippen LogP contribution in [0.3, 0.4) is 0 Å². The maximum absolute atomic E-state index is 12.1. The van der Waals surface area contributed by atoms with E-state index in [1.165, 1.54) is 51.4 Å². The third kappa shape index (κ3) is 17.9. The Labute approximate surface area is 180 Å². The average molecular weight is 428 g/mol. The van der Waals surface area contributed by atoms with Crippen LogP contribution in [0.15, 0.2) is 0 Å². The number of aliphatic carboxylic acids is 1. The van der Waals surface area contributed by atoms with Crippen molar-refractivity contribution in [3.63, 3.8) is 0 Å². The molecule has 0 saturated heterocycles. The molecular weight excluding hydrogens is 386 g/mol. The van der Waals surface area contributed by atoms with Crippen molar-refractivity contribution in [1.82, 2.24) is 10.6 Å². The van der Waals surface area contributed by atoms with Crippen LogP contribution in [-0.4, -0.2) is 41.4 Å². The number of primary amides is 1. The minimum atomic E-state index is -1.02. The van der Waals surface area contributed by atoms with E-state index in [2.05, 4.69) is 17.6 Å². The summed E-state index contributed by atoms with van der Waals surface area (Å²) in [5, 5.41) is 13.7. The molecule has 1 atom stereocenters. The first-order chi connectivity index (χ1) is 14.4. The normalized spacial score (nSPS) is 11.6. The van der Waals surface area contributed by atoms with Crippen molar-refractivity contribution < 1.29 is 24.3 Å². The third-order valence-corrected chi connectivity index (χ3v) is 4.93. The molecule has 174 valence electrons. The Kier molecular flexibility index (Phi) is 17.5. The highest BCUT2D eigenvalue weighted by atomic mass is 16.4. The van der Waals surface area contributed by atoms with Gasteiger partial charge >= 0.3 is 5.97 Å². The number of hydrogen-bond acceptors (Lipinski definition) is 4. The second-order valence-electron chi connectivity index (χ2n) is 7.86. The summed E-state index contributed by atoms with van der Waals surface area (Å²) < 4.78 is 0. The maximum atomic E-state index is 12.1. The van der Waals surface area contributed by atoms with Gasteiger partial charge in [-0.25, -0.2) is 0 Å². The summed E-state index contributed by atoms with van der Waals surface area (Å²) in [5.74, 6) is -2.43. The number of carboxylic acid groups (broad SMARTS) is 1. The molecule has 5 N–H and O–H groups in total. The van der Waals surface area contributed by atoms with Gasteiger partial charge in [0.2, 0.25) is 17.7 Å². The first-order valence-corrected chi connectivity index (χ1v) is 11.4. The van der Waals surface area contributed by atoms with Crippen LogP contribution >= 0.6 is 0 Å². The molecule has 0 rings (SSSR count). The fraction of sp³-hybridized carbons (Fsp3) is 0.818. The maximum Gasteiger partial charge on any atom is 0.303 e. The largest absolute Gasteiger partial charge is 0.481 e. The molecule has 8 heteroatoms. The molecule has 0 aromatic carbocycles. The van der Waals surface area contributed by atoms with E-state index in [9.17, 15) is 19.2 Å². The molecule has 0 aliphatic rings. The van der Waals surface area contributed by atoms with E-state index in [-0.39, 0.29) is 31.7 Å². The first kappa shape index (κ1) is 27.9. The zero-order chi connectivity index (χ0) is 22.6. The van der Waals surface area contributed by atoms with Crippen molar-refractivity contribution in [2.24, 2.45) is 5.73 Å². The van der Waals surface area contributed by atoms with Crippen molar-refractivity contribution in [2.75, 3.05) is 6.54 Å². The average Bonchev–Trinajstić information content (AvgIpc) is 2.68. The van der Waals surface area contributed by atoms with Crippen LogP contribution < -0.4 is 16.4 Å². The highest BCUT2D eigenvalue weighted by Gasteiger charge is 2.22. The smallest absolute Gasteiger partial charge is 0.303 e. The fourth-order valence-corrected chi connectivity index (χ4v) is 3.20. The first-order valence-electron chi connectivity index (χ1n) is 11.4. The van der Waals surface area contributed by atoms with Gasteiger partial charge in [0.1, 0.15) is 6.04 Å². The molecule has 3 amide bonds. The predicted molar refractivity (Wildman–Crippen MR) is 117 cm³/mol. The molecule has 0 bridgehead atoms. The lowest BCUT2D eigenvalue weighted by Gasteiger charge is -2.17. The van der Waals surface area contributed by atoms with Crippen molar-refractivity contribution in [2.45, 2.75) is 109 Å². The molecule has 0 radical (unpaired) electrons. The summed E-state index contributed by atoms with van der Waals surface area (Å²) >= 11 is 0. The molecule has 0 fully saturated rings. The number of carbonyl (C=O) groups is 4. The molecule has 0 saturated carbocycles. The second kappa shape index (κ2) is 18.9. The quantitative estimate of drug-likeness (QED) is 0.221. The van der Waals surface area contributed by atoms with Crippen LogP contribution in [0.25, 0.3) is 0 Å². The zero-order valence-corrected chi connectivity index (χ0v) is 18.5. The van der Waals surface area contributed by atoms with Crippen LogP contribution in [0.5, 0.6) is 0 Å². The van der Waals surface area contributed by atoms with E-state index >= 15 is 0 Å². The summed E-state index contributed by atoms with van der Waals surface area (Å²) in [6.45, 7) is 2.38. The number of amides is 3. The van der Waals surface area contributed by atoms with Crippen LogP contribution in [0.1, 0.15) is 103 Å². The summed E-state index contributed by atoms with van der Waals surface area (Å²) in [4.78, 5) is 45.9. The van der Waals surface area contributed by atoms with Gasteiger partial charge < -0.3 is 21.5 Å². The lowest BCUT2D eigenvalue weighted by atomic mass is 10.0. The SMILES string of the molecule is CCCCCCCCCCCCCC(=O)N[C@H](CC(N)=O)C(=O)NCCCC(=O)O. The van der Waals surface area contributed by atoms with Gasteiger partial charge in [-0.2, -0.15) is 0 Å². The number of nitrogens with two attached hydrogens (primary N) is 1.